The maximum atomic E-state index is 13.2. The molecule has 0 radical (unpaired) electrons. The smallest absolute Gasteiger partial charge is 0.222 e. The summed E-state index contributed by atoms with van der Waals surface area (Å²) in [5.74, 6) is 1.75. The monoisotopic (exact) mass is 835 g/mol. The molecule has 0 aliphatic carbocycles. The minimum Gasteiger partial charge on any atom is -0.497 e. The lowest BCUT2D eigenvalue weighted by Crippen LogP contribution is -2.29. The molecule has 2 N–H and O–H groups in total. The molecule has 18 heteroatoms. The van der Waals surface area contributed by atoms with Gasteiger partial charge in [0.15, 0.2) is 5.82 Å². The first-order valence-corrected chi connectivity index (χ1v) is 19.9. The highest BCUT2D eigenvalue weighted by Gasteiger charge is 2.30. The van der Waals surface area contributed by atoms with Crippen LogP contribution in [0.3, 0.4) is 0 Å². The molecule has 58 heavy (non-hydrogen) atoms. The van der Waals surface area contributed by atoms with Crippen molar-refractivity contribution in [2.45, 2.75) is 19.4 Å². The van der Waals surface area contributed by atoms with Crippen molar-refractivity contribution in [1.82, 2.24) is 20.1 Å². The summed E-state index contributed by atoms with van der Waals surface area (Å²) in [4.78, 5) is 18.2. The van der Waals surface area contributed by atoms with Crippen LogP contribution >= 0.6 is 11.6 Å². The number of nitrogens with one attached hydrogen (secondary N) is 1. The molecule has 322 valence electrons. The number of halogens is 1. The third-order valence-corrected chi connectivity index (χ3v) is 8.66. The fraction of sp³-hybridized carbons (Fsp3) is 0.600. The Hall–Kier alpha value is -3.59. The van der Waals surface area contributed by atoms with E-state index in [1.807, 2.05) is 54.0 Å². The van der Waals surface area contributed by atoms with Crippen molar-refractivity contribution in [3.63, 3.8) is 0 Å². The van der Waals surface area contributed by atoms with Crippen molar-refractivity contribution in [3.8, 4) is 11.4 Å². The van der Waals surface area contributed by atoms with Crippen LogP contribution in [0.15, 0.2) is 47.5 Å². The number of amides is 1. The van der Waals surface area contributed by atoms with Crippen molar-refractivity contribution >= 4 is 23.2 Å². The molecule has 0 fully saturated rings. The summed E-state index contributed by atoms with van der Waals surface area (Å²) in [6.45, 7) is 10.3. The van der Waals surface area contributed by atoms with Crippen molar-refractivity contribution in [2.24, 2.45) is 4.99 Å². The van der Waals surface area contributed by atoms with E-state index >= 15 is 0 Å². The largest absolute Gasteiger partial charge is 0.497 e. The number of aliphatic imine (C=N–C) groups is 1. The standard InChI is InChI=1S/C40H58ClN5O12/c1-31-44-45-40-36(43-39(32-3-5-33(41)6-4-32)35-29-34(49-2)7-8-37(35)46(31)40)30-38(48)42-9-11-50-13-15-52-17-19-54-21-23-56-25-27-58-28-26-57-24-22-55-20-18-53-16-14-51-12-10-47/h3-8,29,36,47H,9-28,30H2,1-2H3,(H,42,48)/t36-/m0/s1. The number of aliphatic hydroxyl groups is 1. The van der Waals surface area contributed by atoms with Gasteiger partial charge in [-0.3, -0.25) is 14.4 Å². The number of rotatable bonds is 33. The summed E-state index contributed by atoms with van der Waals surface area (Å²) < 4.78 is 56.5. The first-order chi connectivity index (χ1) is 28.5. The second kappa shape index (κ2) is 28.8. The van der Waals surface area contributed by atoms with Crippen LogP contribution in [0, 0.1) is 6.92 Å². The first-order valence-electron chi connectivity index (χ1n) is 19.5. The van der Waals surface area contributed by atoms with Crippen LogP contribution in [-0.4, -0.2) is 171 Å². The van der Waals surface area contributed by atoms with E-state index < -0.39 is 6.04 Å². The molecular weight excluding hydrogens is 778 g/mol. The lowest BCUT2D eigenvalue weighted by molar-refractivity contribution is -0.121. The Morgan fingerprint density at radius 3 is 1.66 bits per heavy atom. The van der Waals surface area contributed by atoms with Crippen molar-refractivity contribution in [3.05, 3.63) is 70.3 Å². The number of aryl methyl sites for hydroxylation is 1. The highest BCUT2D eigenvalue weighted by Crippen LogP contribution is 2.34. The maximum Gasteiger partial charge on any atom is 0.222 e. The molecule has 1 aliphatic heterocycles. The zero-order chi connectivity index (χ0) is 41.0. The summed E-state index contributed by atoms with van der Waals surface area (Å²) in [6, 6.07) is 12.6. The maximum absolute atomic E-state index is 13.2. The normalized spacial score (nSPS) is 13.5. The Balaban J connectivity index is 0.981. The number of hydrogen-bond acceptors (Lipinski definition) is 15. The molecule has 0 unspecified atom stereocenters. The number of aromatic nitrogens is 3. The SMILES string of the molecule is COc1ccc2c(c1)C(c1ccc(Cl)cc1)=N[C@@H](CC(=O)NCCOCCOCCOCCOCCOCCOCCOCCOCCOCCO)c1nnc(C)n1-2. The summed E-state index contributed by atoms with van der Waals surface area (Å²) in [6.07, 6.45) is 0.0685. The van der Waals surface area contributed by atoms with Crippen LogP contribution in [0.2, 0.25) is 5.02 Å². The summed E-state index contributed by atoms with van der Waals surface area (Å²) in [7, 11) is 1.62. The van der Waals surface area contributed by atoms with Gasteiger partial charge in [0.1, 0.15) is 17.6 Å². The molecule has 1 aromatic heterocycles. The Bertz CT molecular complexity index is 1610. The quantitative estimate of drug-likeness (QED) is 0.0854. The molecule has 2 aromatic carbocycles. The number of hydrogen-bond donors (Lipinski definition) is 2. The van der Waals surface area contributed by atoms with E-state index in [-0.39, 0.29) is 18.9 Å². The number of benzene rings is 2. The van der Waals surface area contributed by atoms with Crippen molar-refractivity contribution in [1.29, 1.82) is 0 Å². The Morgan fingerprint density at radius 2 is 1.17 bits per heavy atom. The van der Waals surface area contributed by atoms with Gasteiger partial charge in [0.25, 0.3) is 0 Å². The van der Waals surface area contributed by atoms with E-state index in [1.165, 1.54) is 0 Å². The number of carbonyl (C=O) groups excluding carboxylic acids is 1. The van der Waals surface area contributed by atoms with Crippen LogP contribution in [-0.2, 0) is 47.4 Å². The highest BCUT2D eigenvalue weighted by atomic mass is 35.5. The Kier molecular flexibility index (Phi) is 23.4. The second-order valence-corrected chi connectivity index (χ2v) is 13.0. The zero-order valence-corrected chi connectivity index (χ0v) is 34.3. The minimum absolute atomic E-state index is 0.0151. The predicted molar refractivity (Wildman–Crippen MR) is 215 cm³/mol. The molecule has 0 saturated heterocycles. The summed E-state index contributed by atoms with van der Waals surface area (Å²) >= 11 is 6.20. The molecule has 17 nitrogen and oxygen atoms in total. The molecule has 0 spiro atoms. The fourth-order valence-electron chi connectivity index (χ4n) is 5.61. The third kappa shape index (κ3) is 17.3. The van der Waals surface area contributed by atoms with Gasteiger partial charge in [-0.25, -0.2) is 0 Å². The molecule has 4 rings (SSSR count). The molecule has 1 amide bonds. The summed E-state index contributed by atoms with van der Waals surface area (Å²) in [5.41, 5.74) is 3.23. The van der Waals surface area contributed by atoms with Gasteiger partial charge >= 0.3 is 0 Å². The van der Waals surface area contributed by atoms with Crippen LogP contribution in [0.5, 0.6) is 5.75 Å². The van der Waals surface area contributed by atoms with Gasteiger partial charge in [0, 0.05) is 22.7 Å². The van der Waals surface area contributed by atoms with E-state index in [1.54, 1.807) is 7.11 Å². The van der Waals surface area contributed by atoms with Crippen LogP contribution in [0.1, 0.15) is 35.2 Å². The first kappa shape index (κ1) is 47.1. The number of fused-ring (bicyclic) bond motifs is 3. The average molecular weight is 836 g/mol. The van der Waals surface area contributed by atoms with E-state index in [0.29, 0.717) is 154 Å². The number of ether oxygens (including phenoxy) is 10. The van der Waals surface area contributed by atoms with E-state index in [4.69, 9.17) is 69.1 Å². The molecule has 2 heterocycles. The second-order valence-electron chi connectivity index (χ2n) is 12.6. The molecule has 0 bridgehead atoms. The van der Waals surface area contributed by atoms with Crippen LogP contribution in [0.4, 0.5) is 0 Å². The third-order valence-electron chi connectivity index (χ3n) is 8.41. The minimum atomic E-state index is -0.593. The van der Waals surface area contributed by atoms with E-state index in [9.17, 15) is 4.79 Å². The zero-order valence-electron chi connectivity index (χ0n) is 33.6. The number of nitrogens with zero attached hydrogens (tertiary/aromatic N) is 4. The van der Waals surface area contributed by atoms with Crippen molar-refractivity contribution in [2.75, 3.05) is 139 Å². The molecule has 3 aromatic rings. The molecular formula is C40H58ClN5O12. The van der Waals surface area contributed by atoms with E-state index in [0.717, 1.165) is 16.8 Å². The fourth-order valence-corrected chi connectivity index (χ4v) is 5.74. The van der Waals surface area contributed by atoms with Crippen LogP contribution in [0.25, 0.3) is 5.69 Å². The number of carbonyl (C=O) groups is 1. The van der Waals surface area contributed by atoms with Crippen LogP contribution < -0.4 is 10.1 Å². The number of aliphatic hydroxyl groups excluding tert-OH is 1. The topological polar surface area (TPSA) is 185 Å². The van der Waals surface area contributed by atoms with Gasteiger partial charge in [0.05, 0.1) is 150 Å². The molecule has 1 aliphatic rings. The lowest BCUT2D eigenvalue weighted by atomic mass is 10.00. The summed E-state index contributed by atoms with van der Waals surface area (Å²) in [5, 5.41) is 20.9. The van der Waals surface area contributed by atoms with E-state index in [2.05, 4.69) is 15.5 Å². The van der Waals surface area contributed by atoms with Gasteiger partial charge in [0.2, 0.25) is 5.91 Å². The van der Waals surface area contributed by atoms with Gasteiger partial charge in [-0.2, -0.15) is 0 Å². The van der Waals surface area contributed by atoms with Gasteiger partial charge in [-0.1, -0.05) is 23.7 Å². The Labute approximate surface area is 345 Å². The van der Waals surface area contributed by atoms with Gasteiger partial charge in [-0.15, -0.1) is 10.2 Å². The highest BCUT2D eigenvalue weighted by molar-refractivity contribution is 6.30. The average Bonchev–Trinajstić information content (AvgIpc) is 3.56. The molecule has 0 saturated carbocycles. The van der Waals surface area contributed by atoms with Gasteiger partial charge < -0.3 is 57.8 Å². The number of methoxy groups -OCH3 is 1. The molecule has 1 atom stereocenters. The lowest BCUT2D eigenvalue weighted by Gasteiger charge is -2.14. The van der Waals surface area contributed by atoms with Gasteiger partial charge in [-0.05, 0) is 37.3 Å². The Morgan fingerprint density at radius 1 is 0.690 bits per heavy atom. The predicted octanol–water partition coefficient (Wildman–Crippen LogP) is 2.78. The van der Waals surface area contributed by atoms with Crippen molar-refractivity contribution < 1.29 is 57.3 Å².